The van der Waals surface area contributed by atoms with E-state index in [2.05, 4.69) is 16.9 Å². The van der Waals surface area contributed by atoms with Crippen LogP contribution in [0.25, 0.3) is 0 Å². The lowest BCUT2D eigenvalue weighted by atomic mass is 9.89. The first-order valence-electron chi connectivity index (χ1n) is 8.11. The maximum absolute atomic E-state index is 12.7. The van der Waals surface area contributed by atoms with Gasteiger partial charge in [-0.15, -0.1) is 5.10 Å². The number of ether oxygens (including phenoxy) is 1. The van der Waals surface area contributed by atoms with Crippen molar-refractivity contribution in [2.24, 2.45) is 7.05 Å². The van der Waals surface area contributed by atoms with Gasteiger partial charge in [-0.3, -0.25) is 9.59 Å². The van der Waals surface area contributed by atoms with Crippen LogP contribution in [0.5, 0.6) is 0 Å². The minimum Gasteiger partial charge on any atom is -0.368 e. The maximum atomic E-state index is 12.7. The fourth-order valence-corrected chi connectivity index (χ4v) is 3.09. The number of amides is 2. The molecule has 2 aromatic rings. The van der Waals surface area contributed by atoms with Crippen LogP contribution in [0.1, 0.15) is 16.1 Å². The molecule has 1 saturated heterocycles. The zero-order valence-corrected chi connectivity index (χ0v) is 15.0. The van der Waals surface area contributed by atoms with Crippen molar-refractivity contribution in [3.63, 3.8) is 0 Å². The van der Waals surface area contributed by atoms with Crippen LogP contribution < -0.4 is 4.90 Å². The molecular weight excluding hydrogens is 334 g/mol. The molecule has 26 heavy (non-hydrogen) atoms. The third-order valence-electron chi connectivity index (χ3n) is 4.76. The summed E-state index contributed by atoms with van der Waals surface area (Å²) in [6, 6.07) is 6.90. The van der Waals surface area contributed by atoms with Gasteiger partial charge < -0.3 is 14.5 Å². The molecule has 0 aliphatic carbocycles. The van der Waals surface area contributed by atoms with Crippen LogP contribution in [0.3, 0.4) is 0 Å². The number of carbonyl (C=O) groups is 2. The first-order valence-corrected chi connectivity index (χ1v) is 8.11. The fraction of sp³-hybridized carbons (Fsp3) is 0.333. The number of anilines is 1. The Morgan fingerprint density at radius 1 is 1.31 bits per heavy atom. The largest absolute Gasteiger partial charge is 0.368 e. The van der Waals surface area contributed by atoms with Gasteiger partial charge >= 0.3 is 0 Å². The Hall–Kier alpha value is -3.00. The molecule has 1 aliphatic heterocycles. The van der Waals surface area contributed by atoms with E-state index < -0.39 is 5.60 Å². The van der Waals surface area contributed by atoms with E-state index in [0.717, 1.165) is 5.69 Å². The molecule has 0 bridgehead atoms. The first kappa shape index (κ1) is 17.8. The molecule has 8 heteroatoms. The fourth-order valence-electron chi connectivity index (χ4n) is 3.09. The lowest BCUT2D eigenvalue weighted by Crippen LogP contribution is -2.62. The number of likely N-dealkylation sites (N-methyl/N-ethyl adjacent to an activating group) is 1. The molecule has 2 heterocycles. The predicted octanol–water partition coefficient (Wildman–Crippen LogP) is 0.962. The Balaban J connectivity index is 1.71. The van der Waals surface area contributed by atoms with E-state index in [0.29, 0.717) is 24.3 Å². The lowest BCUT2D eigenvalue weighted by molar-refractivity contribution is -0.119. The molecule has 8 nitrogen and oxygen atoms in total. The molecule has 0 unspecified atom stereocenters. The van der Waals surface area contributed by atoms with Crippen LogP contribution in [0.15, 0.2) is 43.1 Å². The summed E-state index contributed by atoms with van der Waals surface area (Å²) < 4.78 is 7.32. The second kappa shape index (κ2) is 6.72. The number of hydrogen-bond acceptors (Lipinski definition) is 5. The van der Waals surface area contributed by atoms with Crippen LogP contribution in [0.4, 0.5) is 5.69 Å². The molecule has 1 aromatic heterocycles. The van der Waals surface area contributed by atoms with Crippen molar-refractivity contribution in [2.45, 2.75) is 5.60 Å². The predicted molar refractivity (Wildman–Crippen MR) is 95.6 cm³/mol. The van der Waals surface area contributed by atoms with Gasteiger partial charge in [0.25, 0.3) is 5.91 Å². The molecule has 1 aliphatic rings. The summed E-state index contributed by atoms with van der Waals surface area (Å²) >= 11 is 0. The van der Waals surface area contributed by atoms with Crippen molar-refractivity contribution < 1.29 is 14.3 Å². The van der Waals surface area contributed by atoms with Gasteiger partial charge in [0.15, 0.2) is 0 Å². The smallest absolute Gasteiger partial charge is 0.254 e. The highest BCUT2D eigenvalue weighted by molar-refractivity contribution is 6.01. The summed E-state index contributed by atoms with van der Waals surface area (Å²) in [5.74, 6) is -0.293. The topological polar surface area (TPSA) is 80.6 Å². The van der Waals surface area contributed by atoms with Crippen molar-refractivity contribution in [2.75, 3.05) is 32.1 Å². The number of rotatable bonds is 5. The van der Waals surface area contributed by atoms with Gasteiger partial charge in [-0.05, 0) is 30.3 Å². The van der Waals surface area contributed by atoms with Crippen molar-refractivity contribution >= 4 is 17.5 Å². The van der Waals surface area contributed by atoms with E-state index in [4.69, 9.17) is 4.74 Å². The first-order chi connectivity index (χ1) is 12.4. The average Bonchev–Trinajstić information content (AvgIpc) is 3.06. The summed E-state index contributed by atoms with van der Waals surface area (Å²) in [7, 11) is 5.08. The highest BCUT2D eigenvalue weighted by Gasteiger charge is 2.49. The number of methoxy groups -OCH3 is 1. The van der Waals surface area contributed by atoms with Gasteiger partial charge in [-0.2, -0.15) is 0 Å². The monoisotopic (exact) mass is 355 g/mol. The molecule has 3 rings (SSSR count). The summed E-state index contributed by atoms with van der Waals surface area (Å²) in [5.41, 5.74) is 1.51. The summed E-state index contributed by atoms with van der Waals surface area (Å²) in [6.45, 7) is 4.33. The van der Waals surface area contributed by atoms with Crippen LogP contribution in [0.2, 0.25) is 0 Å². The van der Waals surface area contributed by atoms with Gasteiger partial charge in [0, 0.05) is 32.5 Å². The minimum atomic E-state index is -0.579. The van der Waals surface area contributed by atoms with Crippen LogP contribution >= 0.6 is 0 Å². The van der Waals surface area contributed by atoms with Gasteiger partial charge in [-0.1, -0.05) is 11.8 Å². The third-order valence-corrected chi connectivity index (χ3v) is 4.76. The van der Waals surface area contributed by atoms with Gasteiger partial charge in [-0.25, -0.2) is 4.68 Å². The van der Waals surface area contributed by atoms with E-state index >= 15 is 0 Å². The summed E-state index contributed by atoms with van der Waals surface area (Å²) in [5, 5.41) is 7.82. The van der Waals surface area contributed by atoms with E-state index in [-0.39, 0.29) is 11.8 Å². The summed E-state index contributed by atoms with van der Waals surface area (Å²) in [6.07, 6.45) is 2.91. The summed E-state index contributed by atoms with van der Waals surface area (Å²) in [4.78, 5) is 27.5. The molecule has 0 atom stereocenters. The molecule has 1 fully saturated rings. The Labute approximate surface area is 151 Å². The highest BCUT2D eigenvalue weighted by Crippen LogP contribution is 2.35. The molecule has 1 aromatic carbocycles. The zero-order valence-electron chi connectivity index (χ0n) is 15.0. The van der Waals surface area contributed by atoms with Crippen molar-refractivity contribution in [1.29, 1.82) is 0 Å². The highest BCUT2D eigenvalue weighted by atomic mass is 16.5. The van der Waals surface area contributed by atoms with Crippen molar-refractivity contribution in [3.05, 3.63) is 54.4 Å². The average molecular weight is 355 g/mol. The van der Waals surface area contributed by atoms with E-state index in [9.17, 15) is 9.59 Å². The van der Waals surface area contributed by atoms with Crippen molar-refractivity contribution in [1.82, 2.24) is 19.9 Å². The Morgan fingerprint density at radius 2 is 1.96 bits per heavy atom. The number of hydrogen-bond donors (Lipinski definition) is 0. The number of benzene rings is 1. The second-order valence-corrected chi connectivity index (χ2v) is 6.25. The Kier molecular flexibility index (Phi) is 4.60. The minimum absolute atomic E-state index is 0.0861. The Bertz CT molecular complexity index is 837. The second-order valence-electron chi connectivity index (χ2n) is 6.25. The molecule has 0 spiro atoms. The van der Waals surface area contributed by atoms with Crippen LogP contribution in [0, 0.1) is 0 Å². The maximum Gasteiger partial charge on any atom is 0.254 e. The standard InChI is InChI=1S/C18H21N5O3/c1-5-16(24)21(2)14-8-6-13(7-9-14)17(25)23-11-18(12-23,26-4)15-10-19-20-22(15)3/h5-10H,1,11-12H2,2-4H3. The van der Waals surface area contributed by atoms with E-state index in [1.165, 1.54) is 11.0 Å². The third kappa shape index (κ3) is 2.88. The van der Waals surface area contributed by atoms with Crippen LogP contribution in [-0.4, -0.2) is 59.0 Å². The SMILES string of the molecule is C=CC(=O)N(C)c1ccc(C(=O)N2CC(OC)(c3cnnn3C)C2)cc1. The molecule has 0 N–H and O–H groups in total. The van der Waals surface area contributed by atoms with Crippen LogP contribution in [-0.2, 0) is 22.2 Å². The number of aryl methyl sites for hydroxylation is 1. The molecular formula is C18H21N5O3. The number of carbonyl (C=O) groups excluding carboxylic acids is 2. The number of nitrogens with zero attached hydrogens (tertiary/aromatic N) is 5. The number of aromatic nitrogens is 3. The van der Waals surface area contributed by atoms with E-state index in [1.807, 2.05) is 0 Å². The van der Waals surface area contributed by atoms with Gasteiger partial charge in [0.2, 0.25) is 5.91 Å². The zero-order chi connectivity index (χ0) is 18.9. The lowest BCUT2D eigenvalue weighted by Gasteiger charge is -2.48. The Morgan fingerprint density at radius 3 is 2.46 bits per heavy atom. The molecule has 136 valence electrons. The molecule has 2 amide bonds. The van der Waals surface area contributed by atoms with E-state index in [1.54, 1.807) is 61.2 Å². The van der Waals surface area contributed by atoms with Gasteiger partial charge in [0.05, 0.1) is 25.0 Å². The molecule has 0 saturated carbocycles. The quantitative estimate of drug-likeness (QED) is 0.747. The molecule has 0 radical (unpaired) electrons. The van der Waals surface area contributed by atoms with Gasteiger partial charge in [0.1, 0.15) is 5.60 Å². The normalized spacial score (nSPS) is 15.3. The van der Waals surface area contributed by atoms with Crippen molar-refractivity contribution in [3.8, 4) is 0 Å². The number of likely N-dealkylation sites (tertiary alicyclic amines) is 1.